The average Bonchev–Trinajstić information content (AvgIpc) is 2.61. The Morgan fingerprint density at radius 2 is 2.33 bits per heavy atom. The first kappa shape index (κ1) is 11.0. The van der Waals surface area contributed by atoms with Crippen molar-refractivity contribution in [3.63, 3.8) is 0 Å². The van der Waals surface area contributed by atoms with Crippen LogP contribution in [-0.4, -0.2) is 12.6 Å². The molecule has 0 fully saturated rings. The number of fused-ring (bicyclic) bond motifs is 1. The molecule has 1 atom stereocenters. The molecule has 1 aromatic carbocycles. The Labute approximate surface area is 98.9 Å². The number of nitrogens with two attached hydrogens (primary N) is 1. The van der Waals surface area contributed by atoms with Gasteiger partial charge in [0.05, 0.1) is 6.61 Å². The molecule has 2 rings (SSSR count). The minimum atomic E-state index is 0.251. The van der Waals surface area contributed by atoms with Crippen LogP contribution in [0.2, 0.25) is 0 Å². The van der Waals surface area contributed by atoms with Crippen molar-refractivity contribution in [2.24, 2.45) is 5.73 Å². The van der Waals surface area contributed by atoms with Crippen LogP contribution in [0.1, 0.15) is 24.5 Å². The van der Waals surface area contributed by atoms with Gasteiger partial charge in [0.15, 0.2) is 0 Å². The molecule has 0 spiro atoms. The van der Waals surface area contributed by atoms with Crippen molar-refractivity contribution in [3.8, 4) is 5.75 Å². The molecule has 2 N–H and O–H groups in total. The largest absolute Gasteiger partial charge is 0.493 e. The third kappa shape index (κ3) is 2.52. The third-order valence-corrected chi connectivity index (χ3v) is 3.15. The maximum atomic E-state index is 5.77. The maximum Gasteiger partial charge on any atom is 0.125 e. The van der Waals surface area contributed by atoms with Crippen molar-refractivity contribution in [3.05, 3.63) is 27.7 Å². The van der Waals surface area contributed by atoms with Crippen molar-refractivity contribution in [2.45, 2.75) is 32.2 Å². The Balaban J connectivity index is 2.22. The van der Waals surface area contributed by atoms with Gasteiger partial charge in [-0.3, -0.25) is 0 Å². The fraction of sp³-hybridized carbons (Fsp3) is 0.500. The molecule has 0 saturated carbocycles. The Bertz CT molecular complexity index is 363. The molecule has 0 saturated heterocycles. The number of hydrogen-bond donors (Lipinski definition) is 1. The van der Waals surface area contributed by atoms with Crippen molar-refractivity contribution in [1.29, 1.82) is 0 Å². The number of ether oxygens (including phenoxy) is 1. The van der Waals surface area contributed by atoms with E-state index in [-0.39, 0.29) is 6.04 Å². The van der Waals surface area contributed by atoms with Crippen LogP contribution in [0.4, 0.5) is 0 Å². The molecule has 1 heterocycles. The number of halogens is 1. The van der Waals surface area contributed by atoms with Crippen LogP contribution >= 0.6 is 15.9 Å². The second-order valence-electron chi connectivity index (χ2n) is 4.17. The summed E-state index contributed by atoms with van der Waals surface area (Å²) in [6, 6.07) is 4.55. The predicted octanol–water partition coefficient (Wildman–Crippen LogP) is 2.66. The lowest BCUT2D eigenvalue weighted by Crippen LogP contribution is -2.15. The summed E-state index contributed by atoms with van der Waals surface area (Å²) < 4.78 is 6.80. The number of aryl methyl sites for hydroxylation is 1. The number of hydrogen-bond acceptors (Lipinski definition) is 2. The van der Waals surface area contributed by atoms with E-state index < -0.39 is 0 Å². The smallest absolute Gasteiger partial charge is 0.125 e. The summed E-state index contributed by atoms with van der Waals surface area (Å²) in [5.41, 5.74) is 8.38. The molecule has 0 aromatic heterocycles. The standard InChI is InChI=1S/C12H16BrNO/c1-8(14)2-3-9-6-11(13)7-10-4-5-15-12(9)10/h6-8H,2-5,14H2,1H3. The highest BCUT2D eigenvalue weighted by atomic mass is 79.9. The van der Waals surface area contributed by atoms with Crippen LogP contribution in [0, 0.1) is 0 Å². The molecule has 3 heteroatoms. The zero-order valence-corrected chi connectivity index (χ0v) is 10.5. The van der Waals surface area contributed by atoms with Gasteiger partial charge in [0.1, 0.15) is 5.75 Å². The highest BCUT2D eigenvalue weighted by Crippen LogP contribution is 2.33. The first-order valence-electron chi connectivity index (χ1n) is 5.36. The third-order valence-electron chi connectivity index (χ3n) is 2.69. The van der Waals surface area contributed by atoms with Crippen molar-refractivity contribution >= 4 is 15.9 Å². The van der Waals surface area contributed by atoms with Gasteiger partial charge in [0, 0.05) is 16.9 Å². The van der Waals surface area contributed by atoms with Crippen LogP contribution in [-0.2, 0) is 12.8 Å². The second kappa shape index (κ2) is 4.54. The Hall–Kier alpha value is -0.540. The molecule has 0 radical (unpaired) electrons. The van der Waals surface area contributed by atoms with Gasteiger partial charge in [0.25, 0.3) is 0 Å². The minimum Gasteiger partial charge on any atom is -0.493 e. The van der Waals surface area contributed by atoms with Crippen molar-refractivity contribution in [1.82, 2.24) is 0 Å². The average molecular weight is 270 g/mol. The van der Waals surface area contributed by atoms with E-state index in [0.717, 1.165) is 36.1 Å². The quantitative estimate of drug-likeness (QED) is 0.916. The van der Waals surface area contributed by atoms with Gasteiger partial charge in [0.2, 0.25) is 0 Å². The van der Waals surface area contributed by atoms with Gasteiger partial charge in [-0.2, -0.15) is 0 Å². The van der Waals surface area contributed by atoms with Gasteiger partial charge < -0.3 is 10.5 Å². The highest BCUT2D eigenvalue weighted by Gasteiger charge is 2.17. The molecule has 1 aliphatic heterocycles. The lowest BCUT2D eigenvalue weighted by Gasteiger charge is -2.10. The molecule has 1 aromatic rings. The first-order valence-corrected chi connectivity index (χ1v) is 6.16. The Kier molecular flexibility index (Phi) is 3.32. The van der Waals surface area contributed by atoms with Crippen molar-refractivity contribution < 1.29 is 4.74 Å². The lowest BCUT2D eigenvalue weighted by atomic mass is 10.0. The van der Waals surface area contributed by atoms with E-state index in [1.54, 1.807) is 0 Å². The predicted molar refractivity (Wildman–Crippen MR) is 65.3 cm³/mol. The zero-order chi connectivity index (χ0) is 10.8. The van der Waals surface area contributed by atoms with E-state index in [9.17, 15) is 0 Å². The molecule has 82 valence electrons. The van der Waals surface area contributed by atoms with Gasteiger partial charge >= 0.3 is 0 Å². The summed E-state index contributed by atoms with van der Waals surface area (Å²) in [5, 5.41) is 0. The molecule has 2 nitrogen and oxygen atoms in total. The van der Waals surface area contributed by atoms with Crippen LogP contribution < -0.4 is 10.5 Å². The van der Waals surface area contributed by atoms with E-state index in [1.807, 2.05) is 6.92 Å². The van der Waals surface area contributed by atoms with Gasteiger partial charge in [-0.05, 0) is 43.0 Å². The normalized spacial score (nSPS) is 15.9. The molecule has 0 aliphatic carbocycles. The SMILES string of the molecule is CC(N)CCc1cc(Br)cc2c1OCC2. The first-order chi connectivity index (χ1) is 7.16. The molecule has 15 heavy (non-hydrogen) atoms. The van der Waals surface area contributed by atoms with E-state index in [2.05, 4.69) is 28.1 Å². The zero-order valence-electron chi connectivity index (χ0n) is 8.92. The summed E-state index contributed by atoms with van der Waals surface area (Å²) >= 11 is 3.54. The molecule has 0 amide bonds. The number of rotatable bonds is 3. The van der Waals surface area contributed by atoms with E-state index in [4.69, 9.17) is 10.5 Å². The monoisotopic (exact) mass is 269 g/mol. The van der Waals surface area contributed by atoms with Crippen LogP contribution in [0.25, 0.3) is 0 Å². The topological polar surface area (TPSA) is 35.2 Å². The van der Waals surface area contributed by atoms with Gasteiger partial charge in [-0.25, -0.2) is 0 Å². The van der Waals surface area contributed by atoms with E-state index >= 15 is 0 Å². The Morgan fingerprint density at radius 1 is 1.53 bits per heavy atom. The highest BCUT2D eigenvalue weighted by molar-refractivity contribution is 9.10. The minimum absolute atomic E-state index is 0.251. The van der Waals surface area contributed by atoms with E-state index in [1.165, 1.54) is 11.1 Å². The van der Waals surface area contributed by atoms with E-state index in [0.29, 0.717) is 0 Å². The summed E-state index contributed by atoms with van der Waals surface area (Å²) in [4.78, 5) is 0. The fourth-order valence-electron chi connectivity index (χ4n) is 1.91. The van der Waals surface area contributed by atoms with Gasteiger partial charge in [-0.1, -0.05) is 15.9 Å². The molecule has 0 bridgehead atoms. The summed E-state index contributed by atoms with van der Waals surface area (Å²) in [6.07, 6.45) is 3.03. The van der Waals surface area contributed by atoms with Gasteiger partial charge in [-0.15, -0.1) is 0 Å². The van der Waals surface area contributed by atoms with Crippen LogP contribution in [0.5, 0.6) is 5.75 Å². The fourth-order valence-corrected chi connectivity index (χ4v) is 2.47. The summed E-state index contributed by atoms with van der Waals surface area (Å²) in [5.74, 6) is 1.10. The van der Waals surface area contributed by atoms with Crippen LogP contribution in [0.15, 0.2) is 16.6 Å². The maximum absolute atomic E-state index is 5.77. The molecule has 1 aliphatic rings. The summed E-state index contributed by atoms with van der Waals surface area (Å²) in [6.45, 7) is 2.86. The second-order valence-corrected chi connectivity index (χ2v) is 5.08. The lowest BCUT2D eigenvalue weighted by molar-refractivity contribution is 0.353. The Morgan fingerprint density at radius 3 is 3.07 bits per heavy atom. The summed E-state index contributed by atoms with van der Waals surface area (Å²) in [7, 11) is 0. The molecular formula is C12H16BrNO. The van der Waals surface area contributed by atoms with Crippen molar-refractivity contribution in [2.75, 3.05) is 6.61 Å². The molecular weight excluding hydrogens is 254 g/mol. The van der Waals surface area contributed by atoms with Crippen LogP contribution in [0.3, 0.4) is 0 Å². The molecule has 1 unspecified atom stereocenters. The number of benzene rings is 1.